The maximum absolute atomic E-state index is 2.48. The highest BCUT2D eigenvalue weighted by Crippen LogP contribution is 2.48. The molecule has 0 N–H and O–H groups in total. The molecule has 0 saturated heterocycles. The first-order valence-corrected chi connectivity index (χ1v) is 42.8. The molecule has 0 bridgehead atoms. The zero-order valence-corrected chi connectivity index (χ0v) is 67.2. The summed E-state index contributed by atoms with van der Waals surface area (Å²) in [5, 5.41) is 15.4. The van der Waals surface area contributed by atoms with Gasteiger partial charge in [-0.2, -0.15) is 0 Å². The molecular weight excluding hydrogens is 1490 g/mol. The molecule has 3 aliphatic rings. The van der Waals surface area contributed by atoms with Crippen molar-refractivity contribution < 1.29 is 0 Å². The summed E-state index contributed by atoms with van der Waals surface area (Å²) in [4.78, 5) is 0. The Kier molecular flexibility index (Phi) is 15.3. The minimum absolute atomic E-state index is 0.967. The van der Waals surface area contributed by atoms with Gasteiger partial charge in [0.2, 0.25) is 0 Å². The van der Waals surface area contributed by atoms with Crippen molar-refractivity contribution in [2.45, 2.75) is 19.3 Å². The van der Waals surface area contributed by atoms with E-state index >= 15 is 0 Å². The molecule has 6 aromatic heterocycles. The van der Waals surface area contributed by atoms with E-state index in [1.54, 1.807) is 0 Å². The first kappa shape index (κ1) is 69.0. The van der Waals surface area contributed by atoms with Crippen molar-refractivity contribution >= 4 is 131 Å². The number of hydrogen-bond donors (Lipinski definition) is 0. The molecule has 0 saturated carbocycles. The van der Waals surface area contributed by atoms with Crippen molar-refractivity contribution in [3.8, 4) is 78.6 Å². The van der Waals surface area contributed by atoms with E-state index in [0.29, 0.717) is 0 Å². The molecular formula is C117H76N6. The van der Waals surface area contributed by atoms with Gasteiger partial charge in [0.1, 0.15) is 0 Å². The predicted molar refractivity (Wildman–Crippen MR) is 516 cm³/mol. The Hall–Kier alpha value is -16.0. The van der Waals surface area contributed by atoms with Gasteiger partial charge in [-0.3, -0.25) is 0 Å². The molecule has 6 nitrogen and oxygen atoms in total. The number of rotatable bonds is 7. The third-order valence-corrected chi connectivity index (χ3v) is 26.8. The van der Waals surface area contributed by atoms with Crippen molar-refractivity contribution in [3.63, 3.8) is 0 Å². The van der Waals surface area contributed by atoms with Crippen molar-refractivity contribution in [3.05, 3.63) is 458 Å². The highest BCUT2D eigenvalue weighted by molar-refractivity contribution is 6.16. The first-order chi connectivity index (χ1) is 61.0. The quantitative estimate of drug-likeness (QED) is 0.152. The van der Waals surface area contributed by atoms with Gasteiger partial charge in [-0.05, 0) is 230 Å². The molecule has 0 radical (unpaired) electrons. The fourth-order valence-corrected chi connectivity index (χ4v) is 21.4. The molecule has 574 valence electrons. The van der Waals surface area contributed by atoms with Crippen LogP contribution in [0.3, 0.4) is 0 Å². The van der Waals surface area contributed by atoms with Gasteiger partial charge in [-0.1, -0.05) is 285 Å². The van der Waals surface area contributed by atoms with Crippen molar-refractivity contribution in [1.29, 1.82) is 0 Å². The Balaban J connectivity index is 0.0000000993. The lowest BCUT2D eigenvalue weighted by molar-refractivity contribution is 1.12. The molecule has 25 aromatic rings. The molecule has 28 rings (SSSR count). The van der Waals surface area contributed by atoms with E-state index in [0.717, 1.165) is 19.3 Å². The van der Waals surface area contributed by atoms with Crippen molar-refractivity contribution in [2.75, 3.05) is 0 Å². The highest BCUT2D eigenvalue weighted by atomic mass is 15.0. The van der Waals surface area contributed by atoms with Gasteiger partial charge in [-0.25, -0.2) is 0 Å². The number of nitrogens with zero attached hydrogens (tertiary/aromatic N) is 6. The molecule has 0 spiro atoms. The lowest BCUT2D eigenvalue weighted by Crippen LogP contribution is -1.99. The molecule has 19 aromatic carbocycles. The van der Waals surface area contributed by atoms with E-state index in [2.05, 4.69) is 452 Å². The van der Waals surface area contributed by atoms with Gasteiger partial charge >= 0.3 is 0 Å². The Morgan fingerprint density at radius 3 is 0.837 bits per heavy atom. The van der Waals surface area contributed by atoms with E-state index in [1.807, 2.05) is 0 Å². The summed E-state index contributed by atoms with van der Waals surface area (Å²) in [5.41, 5.74) is 41.1. The zero-order chi connectivity index (χ0) is 80.5. The SMILES string of the molecule is c1cc(-c2ccc3c4ccccc4n(-c4ccc5c(c4)-c4ccccc4C5)c3c2)cc(-n2c3ccccc3c3ccccc32)c1.c1ccc2c(c1)Cc1c-2cccc1-n1c2ccccc2c2cc(-n3c4ccccc4c4ccccc43)ccc21.c1ccc2c(c1)Cc1ccc(-n3c4ccccc4c4cc(-n5c6ccccc6c6ccccc65)ccc43)cc1-2. The van der Waals surface area contributed by atoms with E-state index in [1.165, 1.54) is 243 Å². The second kappa shape index (κ2) is 27.3. The fraction of sp³-hybridized carbons (Fsp3) is 0.0256. The van der Waals surface area contributed by atoms with Crippen LogP contribution < -0.4 is 0 Å². The van der Waals surface area contributed by atoms with E-state index < -0.39 is 0 Å². The van der Waals surface area contributed by atoms with Crippen LogP contribution in [0.2, 0.25) is 0 Å². The van der Waals surface area contributed by atoms with Crippen LogP contribution in [0, 0.1) is 0 Å². The van der Waals surface area contributed by atoms with Gasteiger partial charge in [0.15, 0.2) is 0 Å². The normalized spacial score (nSPS) is 12.5. The smallest absolute Gasteiger partial charge is 0.0547 e. The predicted octanol–water partition coefficient (Wildman–Crippen LogP) is 30.0. The summed E-state index contributed by atoms with van der Waals surface area (Å²) in [6.07, 6.45) is 2.99. The van der Waals surface area contributed by atoms with Crippen LogP contribution in [-0.4, -0.2) is 27.4 Å². The molecule has 6 heterocycles. The monoisotopic (exact) mass is 1560 g/mol. The number of benzene rings is 19. The van der Waals surface area contributed by atoms with Gasteiger partial charge < -0.3 is 27.4 Å². The maximum atomic E-state index is 2.48. The van der Waals surface area contributed by atoms with Gasteiger partial charge in [-0.15, -0.1) is 0 Å². The second-order valence-corrected chi connectivity index (χ2v) is 33.3. The molecule has 6 heteroatoms. The topological polar surface area (TPSA) is 29.6 Å². The number of para-hydroxylation sites is 9. The number of aromatic nitrogens is 6. The third-order valence-electron chi connectivity index (χ3n) is 26.8. The van der Waals surface area contributed by atoms with Crippen LogP contribution >= 0.6 is 0 Å². The van der Waals surface area contributed by atoms with E-state index in [4.69, 9.17) is 0 Å². The average Bonchev–Trinajstić information content (AvgIpc) is 1.58. The summed E-state index contributed by atoms with van der Waals surface area (Å²) in [6, 6.07) is 156. The molecule has 3 aliphatic carbocycles. The Morgan fingerprint density at radius 2 is 0.415 bits per heavy atom. The standard InChI is InChI=1S/C43H28N2.2C37H24N2/c1-2-13-34-30(10-1)24-31-20-22-33(27-39(31)34)45-42-19-8-5-16-37(42)38-23-21-29(26-43(38)45)28-11-9-12-32(25-28)44-40-17-6-3-14-35(40)36-15-4-7-18-41(36)44;1-2-11-26-24(10-1)22-31-27(26)15-9-19-36(31)39-35-18-8-5-14-30(35)32-23-25(20-21-37(32)39)38-33-16-6-3-12-28(33)29-13-4-7-17-34(29)38;1-2-10-28-24(9-1)21-25-17-18-26(22-32(25)28)39-36-16-8-5-13-31(36)33-23-27(19-20-37(33)39)38-34-14-6-3-11-29(34)30-12-4-7-15-35(30)38/h1-23,25-27H,24H2;1-21,23H,22H2;1-20,22-23H,21H2. The maximum Gasteiger partial charge on any atom is 0.0547 e. The molecule has 0 fully saturated rings. The van der Waals surface area contributed by atoms with Crippen LogP contribution in [0.5, 0.6) is 0 Å². The van der Waals surface area contributed by atoms with Crippen LogP contribution in [-0.2, 0) is 19.3 Å². The summed E-state index contributed by atoms with van der Waals surface area (Å²) in [6.45, 7) is 0. The minimum atomic E-state index is 0.967. The highest BCUT2D eigenvalue weighted by Gasteiger charge is 2.28. The van der Waals surface area contributed by atoms with Crippen LogP contribution in [0.15, 0.2) is 425 Å². The van der Waals surface area contributed by atoms with Crippen LogP contribution in [0.25, 0.3) is 209 Å². The summed E-state index contributed by atoms with van der Waals surface area (Å²) in [7, 11) is 0. The summed E-state index contributed by atoms with van der Waals surface area (Å²) < 4.78 is 14.6. The lowest BCUT2D eigenvalue weighted by Gasteiger charge is -2.14. The average molecular weight is 1570 g/mol. The van der Waals surface area contributed by atoms with Crippen LogP contribution in [0.4, 0.5) is 0 Å². The van der Waals surface area contributed by atoms with Crippen molar-refractivity contribution in [1.82, 2.24) is 27.4 Å². The van der Waals surface area contributed by atoms with Gasteiger partial charge in [0.25, 0.3) is 0 Å². The van der Waals surface area contributed by atoms with E-state index in [-0.39, 0.29) is 0 Å². The number of fused-ring (bicyclic) bond motifs is 27. The molecule has 0 unspecified atom stereocenters. The molecule has 0 atom stereocenters. The largest absolute Gasteiger partial charge is 0.309 e. The molecule has 0 aliphatic heterocycles. The Morgan fingerprint density at radius 1 is 0.138 bits per heavy atom. The third kappa shape index (κ3) is 10.6. The van der Waals surface area contributed by atoms with Gasteiger partial charge in [0, 0.05) is 99.5 Å². The van der Waals surface area contributed by atoms with E-state index in [9.17, 15) is 0 Å². The first-order valence-electron chi connectivity index (χ1n) is 42.8. The van der Waals surface area contributed by atoms with Gasteiger partial charge in [0.05, 0.1) is 71.9 Å². The lowest BCUT2D eigenvalue weighted by atomic mass is 10.0. The second-order valence-electron chi connectivity index (χ2n) is 33.3. The molecule has 0 amide bonds. The van der Waals surface area contributed by atoms with Crippen molar-refractivity contribution in [2.24, 2.45) is 0 Å². The van der Waals surface area contributed by atoms with Crippen LogP contribution in [0.1, 0.15) is 33.4 Å². The minimum Gasteiger partial charge on any atom is -0.309 e. The Labute approximate surface area is 709 Å². The number of hydrogen-bond acceptors (Lipinski definition) is 0. The fourth-order valence-electron chi connectivity index (χ4n) is 21.4. The Bertz CT molecular complexity index is 8590. The summed E-state index contributed by atoms with van der Waals surface area (Å²) >= 11 is 0. The zero-order valence-electron chi connectivity index (χ0n) is 67.2. The molecule has 123 heavy (non-hydrogen) atoms. The summed E-state index contributed by atoms with van der Waals surface area (Å²) in [5.74, 6) is 0.